The van der Waals surface area contributed by atoms with Gasteiger partial charge < -0.3 is 5.32 Å². The molecule has 1 aromatic carbocycles. The van der Waals surface area contributed by atoms with Crippen molar-refractivity contribution in [2.24, 2.45) is 0 Å². The van der Waals surface area contributed by atoms with Crippen LogP contribution in [0, 0.1) is 15.9 Å². The quantitative estimate of drug-likeness (QED) is 0.618. The lowest BCUT2D eigenvalue weighted by Crippen LogP contribution is -2.37. The molecule has 110 valence electrons. The Morgan fingerprint density at radius 1 is 1.50 bits per heavy atom. The number of nitro groups is 1. The van der Waals surface area contributed by atoms with Crippen molar-refractivity contribution in [3.05, 3.63) is 34.1 Å². The first-order valence-corrected chi connectivity index (χ1v) is 7.56. The number of sulfonamides is 1. The highest BCUT2D eigenvalue weighted by Gasteiger charge is 2.30. The molecule has 1 aliphatic heterocycles. The van der Waals surface area contributed by atoms with Gasteiger partial charge in [-0.3, -0.25) is 10.1 Å². The molecule has 1 heterocycles. The highest BCUT2D eigenvalue weighted by Crippen LogP contribution is 2.26. The average molecular weight is 303 g/mol. The number of nitrogens with zero attached hydrogens (tertiary/aromatic N) is 1. The predicted octanol–water partition coefficient (Wildman–Crippen LogP) is 0.764. The third-order valence-corrected chi connectivity index (χ3v) is 4.58. The number of halogens is 1. The van der Waals surface area contributed by atoms with Crippen molar-refractivity contribution in [2.45, 2.75) is 23.8 Å². The smallest absolute Gasteiger partial charge is 0.292 e. The van der Waals surface area contributed by atoms with E-state index in [1.54, 1.807) is 0 Å². The largest absolute Gasteiger partial charge is 0.313 e. The molecule has 0 radical (unpaired) electrons. The van der Waals surface area contributed by atoms with E-state index in [0.29, 0.717) is 0 Å². The molecule has 1 atom stereocenters. The van der Waals surface area contributed by atoms with Crippen molar-refractivity contribution < 1.29 is 17.7 Å². The third-order valence-electron chi connectivity index (χ3n) is 3.09. The molecule has 1 aliphatic rings. The standard InChI is InChI=1S/C11H14FN3O4S/c12-9-4-1-5-10(15(16)17)11(9)20(18,19)14-7-8-3-2-6-13-8/h1,4-5,8,13-14H,2-3,6-7H2. The van der Waals surface area contributed by atoms with Crippen molar-refractivity contribution >= 4 is 15.7 Å². The Bertz CT molecular complexity index is 614. The third kappa shape index (κ3) is 3.11. The van der Waals surface area contributed by atoms with Gasteiger partial charge >= 0.3 is 0 Å². The Balaban J connectivity index is 2.26. The summed E-state index contributed by atoms with van der Waals surface area (Å²) in [6.07, 6.45) is 1.74. The maximum Gasteiger partial charge on any atom is 0.292 e. The molecule has 0 bridgehead atoms. The normalized spacial score (nSPS) is 19.1. The Kier molecular flexibility index (Phi) is 4.31. The SMILES string of the molecule is O=[N+]([O-])c1cccc(F)c1S(=O)(=O)NCC1CCCN1. The van der Waals surface area contributed by atoms with Crippen LogP contribution in [-0.2, 0) is 10.0 Å². The first kappa shape index (κ1) is 14.8. The summed E-state index contributed by atoms with van der Waals surface area (Å²) in [5.41, 5.74) is -0.767. The van der Waals surface area contributed by atoms with Crippen LogP contribution in [0.5, 0.6) is 0 Å². The number of nitro benzene ring substituents is 1. The summed E-state index contributed by atoms with van der Waals surface area (Å²) in [5.74, 6) is -1.13. The molecule has 1 saturated heterocycles. The Morgan fingerprint density at radius 2 is 2.25 bits per heavy atom. The van der Waals surface area contributed by atoms with Gasteiger partial charge in [0.15, 0.2) is 4.90 Å². The molecular weight excluding hydrogens is 289 g/mol. The minimum atomic E-state index is -4.26. The monoisotopic (exact) mass is 303 g/mol. The fraction of sp³-hybridized carbons (Fsp3) is 0.455. The molecule has 1 unspecified atom stereocenters. The van der Waals surface area contributed by atoms with Crippen molar-refractivity contribution in [3.8, 4) is 0 Å². The van der Waals surface area contributed by atoms with Crippen LogP contribution in [0.15, 0.2) is 23.1 Å². The van der Waals surface area contributed by atoms with Crippen LogP contribution in [0.4, 0.5) is 10.1 Å². The van der Waals surface area contributed by atoms with E-state index in [-0.39, 0.29) is 12.6 Å². The zero-order chi connectivity index (χ0) is 14.8. The van der Waals surface area contributed by atoms with Gasteiger partial charge in [0.2, 0.25) is 10.0 Å². The number of benzene rings is 1. The maximum absolute atomic E-state index is 13.7. The van der Waals surface area contributed by atoms with Crippen LogP contribution in [0.1, 0.15) is 12.8 Å². The van der Waals surface area contributed by atoms with E-state index >= 15 is 0 Å². The topological polar surface area (TPSA) is 101 Å². The molecule has 2 rings (SSSR count). The van der Waals surface area contributed by atoms with Crippen LogP contribution in [0.2, 0.25) is 0 Å². The molecule has 9 heteroatoms. The Labute approximate surface area is 115 Å². The Hall–Kier alpha value is -1.58. The summed E-state index contributed by atoms with van der Waals surface area (Å²) in [6, 6.07) is 2.92. The fourth-order valence-electron chi connectivity index (χ4n) is 2.12. The highest BCUT2D eigenvalue weighted by atomic mass is 32.2. The van der Waals surface area contributed by atoms with Crippen LogP contribution in [-0.4, -0.2) is 32.5 Å². The van der Waals surface area contributed by atoms with Gasteiger partial charge in [-0.25, -0.2) is 17.5 Å². The second-order valence-electron chi connectivity index (χ2n) is 4.49. The van der Waals surface area contributed by atoms with Gasteiger partial charge in [0, 0.05) is 18.7 Å². The predicted molar refractivity (Wildman–Crippen MR) is 69.3 cm³/mol. The van der Waals surface area contributed by atoms with Crippen LogP contribution in [0.25, 0.3) is 0 Å². The minimum Gasteiger partial charge on any atom is -0.313 e. The zero-order valence-electron chi connectivity index (χ0n) is 10.5. The van der Waals surface area contributed by atoms with E-state index in [9.17, 15) is 22.9 Å². The number of rotatable bonds is 5. The van der Waals surface area contributed by atoms with Gasteiger partial charge in [0.1, 0.15) is 5.82 Å². The molecular formula is C11H14FN3O4S. The van der Waals surface area contributed by atoms with Gasteiger partial charge in [-0.05, 0) is 25.5 Å². The summed E-state index contributed by atoms with van der Waals surface area (Å²) in [7, 11) is -4.26. The lowest BCUT2D eigenvalue weighted by atomic mass is 10.2. The summed E-state index contributed by atoms with van der Waals surface area (Å²) < 4.78 is 40.0. The van der Waals surface area contributed by atoms with Crippen LogP contribution < -0.4 is 10.0 Å². The number of nitrogens with one attached hydrogen (secondary N) is 2. The van der Waals surface area contributed by atoms with Gasteiger partial charge in [-0.1, -0.05) is 6.07 Å². The van der Waals surface area contributed by atoms with Crippen molar-refractivity contribution in [3.63, 3.8) is 0 Å². The molecule has 0 aromatic heterocycles. The van der Waals surface area contributed by atoms with Gasteiger partial charge in [0.25, 0.3) is 5.69 Å². The molecule has 0 saturated carbocycles. The van der Waals surface area contributed by atoms with E-state index in [1.165, 1.54) is 0 Å². The first-order valence-electron chi connectivity index (χ1n) is 6.08. The molecule has 1 fully saturated rings. The minimum absolute atomic E-state index is 0.0318. The van der Waals surface area contributed by atoms with Gasteiger partial charge in [-0.15, -0.1) is 0 Å². The van der Waals surface area contributed by atoms with E-state index in [4.69, 9.17) is 0 Å². The van der Waals surface area contributed by atoms with E-state index < -0.39 is 31.3 Å². The van der Waals surface area contributed by atoms with E-state index in [0.717, 1.165) is 37.6 Å². The second kappa shape index (κ2) is 5.81. The summed E-state index contributed by atoms with van der Waals surface area (Å²) >= 11 is 0. The summed E-state index contributed by atoms with van der Waals surface area (Å²) in [5, 5.41) is 13.9. The molecule has 2 N–H and O–H groups in total. The van der Waals surface area contributed by atoms with Gasteiger partial charge in [-0.2, -0.15) is 0 Å². The molecule has 0 aliphatic carbocycles. The highest BCUT2D eigenvalue weighted by molar-refractivity contribution is 7.89. The molecule has 0 amide bonds. The second-order valence-corrected chi connectivity index (χ2v) is 6.19. The average Bonchev–Trinajstić information content (AvgIpc) is 2.89. The molecule has 20 heavy (non-hydrogen) atoms. The van der Waals surface area contributed by atoms with Crippen molar-refractivity contribution in [1.82, 2.24) is 10.0 Å². The van der Waals surface area contributed by atoms with E-state index in [1.807, 2.05) is 0 Å². The zero-order valence-corrected chi connectivity index (χ0v) is 11.3. The summed E-state index contributed by atoms with van der Waals surface area (Å²) in [6.45, 7) is 0.875. The van der Waals surface area contributed by atoms with Crippen LogP contribution in [0.3, 0.4) is 0 Å². The maximum atomic E-state index is 13.7. The first-order chi connectivity index (χ1) is 9.42. The number of hydrogen-bond acceptors (Lipinski definition) is 5. The number of hydrogen-bond donors (Lipinski definition) is 2. The van der Waals surface area contributed by atoms with Crippen LogP contribution >= 0.6 is 0 Å². The lowest BCUT2D eigenvalue weighted by molar-refractivity contribution is -0.388. The molecule has 0 spiro atoms. The molecule has 1 aromatic rings. The Morgan fingerprint density at radius 3 is 2.85 bits per heavy atom. The summed E-state index contributed by atoms with van der Waals surface area (Å²) in [4.78, 5) is 8.99. The van der Waals surface area contributed by atoms with Gasteiger partial charge in [0.05, 0.1) is 4.92 Å². The van der Waals surface area contributed by atoms with E-state index in [2.05, 4.69) is 10.0 Å². The van der Waals surface area contributed by atoms with Crippen molar-refractivity contribution in [1.29, 1.82) is 0 Å². The fourth-order valence-corrected chi connectivity index (χ4v) is 3.43. The molecule has 7 nitrogen and oxygen atoms in total. The lowest BCUT2D eigenvalue weighted by Gasteiger charge is -2.12. The van der Waals surface area contributed by atoms with Crippen molar-refractivity contribution in [2.75, 3.05) is 13.1 Å².